The Morgan fingerprint density at radius 2 is 1.82 bits per heavy atom. The van der Waals surface area contributed by atoms with Crippen LogP contribution >= 0.6 is 0 Å². The molecule has 1 rings (SSSR count). The second-order valence-corrected chi connectivity index (χ2v) is 6.60. The Morgan fingerprint density at radius 3 is 2.36 bits per heavy atom. The number of carbonyl (C=O) groups excluding carboxylic acids is 1. The lowest BCUT2D eigenvalue weighted by Crippen LogP contribution is -2.45. The van der Waals surface area contributed by atoms with E-state index in [-0.39, 0.29) is 5.91 Å². The molecule has 3 N–H and O–H groups in total. The van der Waals surface area contributed by atoms with Crippen LogP contribution in [0.2, 0.25) is 0 Å². The van der Waals surface area contributed by atoms with E-state index in [1.807, 2.05) is 0 Å². The van der Waals surface area contributed by atoms with Crippen molar-refractivity contribution in [3.63, 3.8) is 0 Å². The second kappa shape index (κ2) is 10.5. The van der Waals surface area contributed by atoms with Crippen molar-refractivity contribution in [3.8, 4) is 0 Å². The van der Waals surface area contributed by atoms with Crippen LogP contribution in [0, 0.1) is 11.8 Å². The van der Waals surface area contributed by atoms with Gasteiger partial charge in [-0.25, -0.2) is 0 Å². The first kappa shape index (κ1) is 18.8. The normalized spacial score (nSPS) is 22.5. The highest BCUT2D eigenvalue weighted by Crippen LogP contribution is 2.29. The van der Waals surface area contributed by atoms with Gasteiger partial charge in [-0.1, -0.05) is 20.8 Å². The Labute approximate surface area is 135 Å². The van der Waals surface area contributed by atoms with Crippen LogP contribution in [0.1, 0.15) is 59.3 Å². The Hall–Kier alpha value is -1.26. The lowest BCUT2D eigenvalue weighted by molar-refractivity contribution is -0.120. The van der Waals surface area contributed by atoms with Crippen LogP contribution in [0.25, 0.3) is 0 Å². The van der Waals surface area contributed by atoms with Gasteiger partial charge >= 0.3 is 0 Å². The molecule has 0 heterocycles. The minimum atomic E-state index is 0.0993. The van der Waals surface area contributed by atoms with Crippen molar-refractivity contribution in [1.82, 2.24) is 16.0 Å². The SMILES string of the molecule is CCCNC(=O)CCNC(=NC)NC1CCC(C(C)C)CC1. The summed E-state index contributed by atoms with van der Waals surface area (Å²) in [6, 6.07) is 0.509. The van der Waals surface area contributed by atoms with E-state index in [1.165, 1.54) is 25.7 Å². The molecule has 128 valence electrons. The molecule has 1 saturated carbocycles. The number of hydrogen-bond donors (Lipinski definition) is 3. The molecular formula is C17H34N4O. The average Bonchev–Trinajstić information content (AvgIpc) is 2.52. The van der Waals surface area contributed by atoms with Crippen molar-refractivity contribution in [3.05, 3.63) is 0 Å². The van der Waals surface area contributed by atoms with Crippen molar-refractivity contribution in [2.45, 2.75) is 65.3 Å². The van der Waals surface area contributed by atoms with Gasteiger partial charge in [0, 0.05) is 32.6 Å². The van der Waals surface area contributed by atoms with Crippen molar-refractivity contribution >= 4 is 11.9 Å². The summed E-state index contributed by atoms with van der Waals surface area (Å²) in [7, 11) is 1.78. The first-order chi connectivity index (χ1) is 10.6. The predicted octanol–water partition coefficient (Wildman–Crippen LogP) is 2.28. The van der Waals surface area contributed by atoms with E-state index >= 15 is 0 Å². The molecule has 0 radical (unpaired) electrons. The van der Waals surface area contributed by atoms with Gasteiger partial charge in [0.2, 0.25) is 5.91 Å². The molecular weight excluding hydrogens is 276 g/mol. The summed E-state index contributed by atoms with van der Waals surface area (Å²) < 4.78 is 0. The third kappa shape index (κ3) is 7.14. The standard InChI is InChI=1S/C17H34N4O/c1-5-11-19-16(22)10-12-20-17(18-4)21-15-8-6-14(7-9-15)13(2)3/h13-15H,5-12H2,1-4H3,(H,19,22)(H2,18,20,21). The van der Waals surface area contributed by atoms with Gasteiger partial charge in [-0.05, 0) is 43.9 Å². The fourth-order valence-corrected chi connectivity index (χ4v) is 2.97. The Morgan fingerprint density at radius 1 is 1.14 bits per heavy atom. The van der Waals surface area contributed by atoms with Crippen LogP contribution in [0.4, 0.5) is 0 Å². The largest absolute Gasteiger partial charge is 0.356 e. The van der Waals surface area contributed by atoms with Crippen LogP contribution < -0.4 is 16.0 Å². The van der Waals surface area contributed by atoms with E-state index in [4.69, 9.17) is 0 Å². The van der Waals surface area contributed by atoms with E-state index in [2.05, 4.69) is 41.7 Å². The monoisotopic (exact) mass is 310 g/mol. The van der Waals surface area contributed by atoms with Gasteiger partial charge in [0.15, 0.2) is 5.96 Å². The van der Waals surface area contributed by atoms with E-state index in [1.54, 1.807) is 7.05 Å². The molecule has 0 atom stereocenters. The molecule has 0 unspecified atom stereocenters. The van der Waals surface area contributed by atoms with Gasteiger partial charge in [-0.15, -0.1) is 0 Å². The molecule has 0 aromatic heterocycles. The molecule has 1 aliphatic rings. The molecule has 0 aliphatic heterocycles. The Balaban J connectivity index is 2.22. The van der Waals surface area contributed by atoms with Crippen LogP contribution in [-0.4, -0.2) is 38.0 Å². The van der Waals surface area contributed by atoms with Crippen LogP contribution in [0.5, 0.6) is 0 Å². The zero-order valence-corrected chi connectivity index (χ0v) is 14.7. The number of guanidine groups is 1. The Kier molecular flexibility index (Phi) is 8.94. The highest BCUT2D eigenvalue weighted by molar-refractivity contribution is 5.81. The maximum atomic E-state index is 11.6. The lowest BCUT2D eigenvalue weighted by atomic mass is 9.80. The quantitative estimate of drug-likeness (QED) is 0.499. The Bertz CT molecular complexity index is 347. The van der Waals surface area contributed by atoms with E-state index < -0.39 is 0 Å². The van der Waals surface area contributed by atoms with Gasteiger partial charge in [-0.3, -0.25) is 9.79 Å². The van der Waals surface area contributed by atoms with Crippen LogP contribution in [-0.2, 0) is 4.79 Å². The minimum Gasteiger partial charge on any atom is -0.356 e. The number of hydrogen-bond acceptors (Lipinski definition) is 2. The topological polar surface area (TPSA) is 65.5 Å². The molecule has 1 amide bonds. The number of nitrogens with one attached hydrogen (secondary N) is 3. The van der Waals surface area contributed by atoms with E-state index in [9.17, 15) is 4.79 Å². The van der Waals surface area contributed by atoms with Gasteiger partial charge in [0.1, 0.15) is 0 Å². The number of carbonyl (C=O) groups is 1. The summed E-state index contributed by atoms with van der Waals surface area (Å²) in [5.41, 5.74) is 0. The van der Waals surface area contributed by atoms with Crippen LogP contribution in [0.3, 0.4) is 0 Å². The summed E-state index contributed by atoms with van der Waals surface area (Å²) in [6.45, 7) is 8.07. The molecule has 5 heteroatoms. The highest BCUT2D eigenvalue weighted by atomic mass is 16.1. The maximum Gasteiger partial charge on any atom is 0.221 e. The van der Waals surface area contributed by atoms with Gasteiger partial charge < -0.3 is 16.0 Å². The highest BCUT2D eigenvalue weighted by Gasteiger charge is 2.23. The number of amides is 1. The third-order valence-corrected chi connectivity index (χ3v) is 4.50. The number of rotatable bonds is 7. The molecule has 5 nitrogen and oxygen atoms in total. The molecule has 0 aromatic carbocycles. The number of nitrogens with zero attached hydrogens (tertiary/aromatic N) is 1. The molecule has 0 spiro atoms. The zero-order chi connectivity index (χ0) is 16.4. The lowest BCUT2D eigenvalue weighted by Gasteiger charge is -2.32. The van der Waals surface area contributed by atoms with Crippen molar-refractivity contribution in [1.29, 1.82) is 0 Å². The van der Waals surface area contributed by atoms with Gasteiger partial charge in [0.25, 0.3) is 0 Å². The predicted molar refractivity (Wildman–Crippen MR) is 93.0 cm³/mol. The van der Waals surface area contributed by atoms with Crippen molar-refractivity contribution in [2.75, 3.05) is 20.1 Å². The van der Waals surface area contributed by atoms with Crippen molar-refractivity contribution < 1.29 is 4.79 Å². The first-order valence-corrected chi connectivity index (χ1v) is 8.80. The summed E-state index contributed by atoms with van der Waals surface area (Å²) in [5, 5.41) is 9.61. The summed E-state index contributed by atoms with van der Waals surface area (Å²) >= 11 is 0. The second-order valence-electron chi connectivity index (χ2n) is 6.60. The van der Waals surface area contributed by atoms with Crippen LogP contribution in [0.15, 0.2) is 4.99 Å². The smallest absolute Gasteiger partial charge is 0.221 e. The molecule has 0 bridgehead atoms. The molecule has 0 saturated heterocycles. The fourth-order valence-electron chi connectivity index (χ4n) is 2.97. The van der Waals surface area contributed by atoms with Crippen molar-refractivity contribution in [2.24, 2.45) is 16.8 Å². The third-order valence-electron chi connectivity index (χ3n) is 4.50. The minimum absolute atomic E-state index is 0.0993. The van der Waals surface area contributed by atoms with Gasteiger partial charge in [-0.2, -0.15) is 0 Å². The first-order valence-electron chi connectivity index (χ1n) is 8.80. The van der Waals surface area contributed by atoms with E-state index in [0.717, 1.165) is 30.8 Å². The zero-order valence-electron chi connectivity index (χ0n) is 14.7. The average molecular weight is 310 g/mol. The van der Waals surface area contributed by atoms with E-state index in [0.29, 0.717) is 19.0 Å². The molecule has 1 fully saturated rings. The molecule has 0 aromatic rings. The summed E-state index contributed by atoms with van der Waals surface area (Å²) in [5.74, 6) is 2.58. The maximum absolute atomic E-state index is 11.6. The van der Waals surface area contributed by atoms with Gasteiger partial charge in [0.05, 0.1) is 0 Å². The fraction of sp³-hybridized carbons (Fsp3) is 0.882. The molecule has 22 heavy (non-hydrogen) atoms. The summed E-state index contributed by atoms with van der Waals surface area (Å²) in [6.07, 6.45) is 6.47. The number of aliphatic imine (C=N–C) groups is 1. The summed E-state index contributed by atoms with van der Waals surface area (Å²) in [4.78, 5) is 15.8. The molecule has 1 aliphatic carbocycles.